The zero-order valence-corrected chi connectivity index (χ0v) is 14.4. The van der Waals surface area contributed by atoms with E-state index in [-0.39, 0.29) is 12.4 Å². The van der Waals surface area contributed by atoms with Crippen molar-refractivity contribution in [2.45, 2.75) is 12.8 Å². The van der Waals surface area contributed by atoms with Crippen molar-refractivity contribution in [3.63, 3.8) is 0 Å². The highest BCUT2D eigenvalue weighted by Crippen LogP contribution is 2.27. The van der Waals surface area contributed by atoms with Gasteiger partial charge in [0.05, 0.1) is 0 Å². The van der Waals surface area contributed by atoms with Crippen molar-refractivity contribution < 1.29 is 18.7 Å². The molecule has 132 valence electrons. The molecule has 0 radical (unpaired) electrons. The van der Waals surface area contributed by atoms with Gasteiger partial charge in [0, 0.05) is 34.5 Å². The third-order valence-corrected chi connectivity index (χ3v) is 4.67. The van der Waals surface area contributed by atoms with Gasteiger partial charge in [0.15, 0.2) is 0 Å². The zero-order valence-electron chi connectivity index (χ0n) is 13.7. The van der Waals surface area contributed by atoms with Gasteiger partial charge in [0.1, 0.15) is 5.82 Å². The van der Waals surface area contributed by atoms with E-state index < -0.39 is 18.1 Å². The largest absolute Gasteiger partial charge is 0.502 e. The lowest BCUT2D eigenvalue weighted by atomic mass is 10.2. The quantitative estimate of drug-likeness (QED) is 0.614. The minimum absolute atomic E-state index is 0.159. The lowest BCUT2D eigenvalue weighted by Gasteiger charge is -2.27. The molecule has 8 heteroatoms. The molecule has 0 aliphatic carbocycles. The topological polar surface area (TPSA) is 56.0 Å². The summed E-state index contributed by atoms with van der Waals surface area (Å²) in [6, 6.07) is 13.1. The van der Waals surface area contributed by atoms with Gasteiger partial charge in [-0.1, -0.05) is 23.7 Å². The van der Waals surface area contributed by atoms with Gasteiger partial charge in [-0.25, -0.2) is 9.18 Å². The Morgan fingerprint density at radius 1 is 1.12 bits per heavy atom. The molecule has 0 saturated carbocycles. The van der Waals surface area contributed by atoms with Crippen molar-refractivity contribution in [1.29, 1.82) is 0 Å². The van der Waals surface area contributed by atoms with Crippen LogP contribution in [0.2, 0.25) is 5.02 Å². The lowest BCUT2D eigenvalue weighted by molar-refractivity contribution is -0.534. The van der Waals surface area contributed by atoms with Crippen LogP contribution in [0.25, 0.3) is 0 Å². The molecule has 1 fully saturated rings. The number of amides is 2. The molecule has 1 atom stereocenters. The Labute approximate surface area is 154 Å². The van der Waals surface area contributed by atoms with Crippen molar-refractivity contribution in [3.8, 4) is 0 Å². The Hall–Kier alpha value is -2.80. The third-order valence-electron chi connectivity index (χ3n) is 4.44. The zero-order chi connectivity index (χ0) is 18.3. The van der Waals surface area contributed by atoms with E-state index in [1.165, 1.54) is 21.7 Å². The second-order valence-corrected chi connectivity index (χ2v) is 6.56. The van der Waals surface area contributed by atoms with Crippen LogP contribution in [-0.2, 0) is 16.1 Å². The summed E-state index contributed by atoms with van der Waals surface area (Å²) in [7, 11) is 0. The van der Waals surface area contributed by atoms with E-state index in [0.29, 0.717) is 18.1 Å². The highest BCUT2D eigenvalue weighted by molar-refractivity contribution is 6.31. The maximum atomic E-state index is 13.2. The summed E-state index contributed by atoms with van der Waals surface area (Å²) < 4.78 is 14.4. The second-order valence-electron chi connectivity index (χ2n) is 6.12. The maximum absolute atomic E-state index is 13.2. The van der Waals surface area contributed by atoms with Crippen LogP contribution in [0.4, 0.5) is 10.1 Å². The highest BCUT2D eigenvalue weighted by atomic mass is 35.5. The van der Waals surface area contributed by atoms with Crippen molar-refractivity contribution >= 4 is 29.1 Å². The van der Waals surface area contributed by atoms with Crippen LogP contribution in [0.1, 0.15) is 5.56 Å². The fraction of sp³-hybridized carbons (Fsp3) is 0.222. The minimum Gasteiger partial charge on any atom is -0.326 e. The Kier molecular flexibility index (Phi) is 4.16. The van der Waals surface area contributed by atoms with Crippen molar-refractivity contribution in [2.24, 2.45) is 5.11 Å². The lowest BCUT2D eigenvalue weighted by Crippen LogP contribution is -2.51. The van der Waals surface area contributed by atoms with Gasteiger partial charge < -0.3 is 4.90 Å². The van der Waals surface area contributed by atoms with Gasteiger partial charge >= 0.3 is 11.8 Å². The first-order chi connectivity index (χ1) is 12.5. The normalized spacial score (nSPS) is 19.6. The third kappa shape index (κ3) is 2.94. The monoisotopic (exact) mass is 373 g/mol. The summed E-state index contributed by atoms with van der Waals surface area (Å²) in [6.45, 7) is 1.07. The molecule has 0 aromatic heterocycles. The smallest absolute Gasteiger partial charge is 0.326 e. The Balaban J connectivity index is 1.66. The average molecular weight is 374 g/mol. The van der Waals surface area contributed by atoms with E-state index in [0.717, 1.165) is 11.3 Å². The molecular formula is C18H15ClFN4O2+. The van der Waals surface area contributed by atoms with Gasteiger partial charge in [-0.05, 0) is 41.1 Å². The SMILES string of the molecule is O=C1C(=O)[N+](Cc2cccc(Cl)c2)=NC2N1CCN2c1ccc(F)cc1. The number of rotatable bonds is 3. The first-order valence-electron chi connectivity index (χ1n) is 8.13. The van der Waals surface area contributed by atoms with Crippen LogP contribution >= 0.6 is 11.6 Å². The standard InChI is InChI=1S/C18H15ClFN4O2/c19-13-3-1-2-12(10-13)11-24-17(26)16(25)23-9-8-22(18(23)21-24)15-6-4-14(20)5-7-15/h1-7,10,18H,8-9,11H2/q+1. The number of carbonyl (C=O) groups excluding carboxylic acids is 2. The molecule has 2 aliphatic rings. The van der Waals surface area contributed by atoms with Crippen LogP contribution in [-0.4, -0.2) is 40.8 Å². The van der Waals surface area contributed by atoms with Gasteiger partial charge in [-0.2, -0.15) is 0 Å². The predicted molar refractivity (Wildman–Crippen MR) is 92.1 cm³/mol. The summed E-state index contributed by atoms with van der Waals surface area (Å²) in [4.78, 5) is 28.2. The fourth-order valence-corrected chi connectivity index (χ4v) is 3.38. The molecule has 2 aromatic rings. The number of azo groups is 2. The molecule has 2 aromatic carbocycles. The summed E-state index contributed by atoms with van der Waals surface area (Å²) in [6.07, 6.45) is -0.621. The molecule has 0 N–H and O–H groups in total. The van der Waals surface area contributed by atoms with E-state index in [2.05, 4.69) is 5.11 Å². The Morgan fingerprint density at radius 3 is 2.58 bits per heavy atom. The van der Waals surface area contributed by atoms with E-state index >= 15 is 0 Å². The molecule has 6 nitrogen and oxygen atoms in total. The predicted octanol–water partition coefficient (Wildman–Crippen LogP) is 2.62. The van der Waals surface area contributed by atoms with Crippen LogP contribution in [0.15, 0.2) is 53.6 Å². The molecule has 1 saturated heterocycles. The average Bonchev–Trinajstić information content (AvgIpc) is 3.04. The van der Waals surface area contributed by atoms with E-state index in [4.69, 9.17) is 11.6 Å². The van der Waals surface area contributed by atoms with Crippen LogP contribution < -0.4 is 4.90 Å². The molecule has 2 aliphatic heterocycles. The van der Waals surface area contributed by atoms with Crippen LogP contribution in [0, 0.1) is 5.82 Å². The van der Waals surface area contributed by atoms with Gasteiger partial charge in [-0.3, -0.25) is 9.69 Å². The fourth-order valence-electron chi connectivity index (χ4n) is 3.17. The van der Waals surface area contributed by atoms with Crippen molar-refractivity contribution in [1.82, 2.24) is 4.90 Å². The first-order valence-corrected chi connectivity index (χ1v) is 8.50. The number of hydrogen-bond acceptors (Lipinski definition) is 4. The number of nitrogens with zero attached hydrogens (tertiary/aromatic N) is 4. The number of carbonyl (C=O) groups is 2. The number of hydrogen-bond donors (Lipinski definition) is 0. The Morgan fingerprint density at radius 2 is 1.85 bits per heavy atom. The van der Waals surface area contributed by atoms with E-state index in [1.807, 2.05) is 11.0 Å². The molecule has 0 spiro atoms. The molecule has 1 unspecified atom stereocenters. The highest BCUT2D eigenvalue weighted by Gasteiger charge is 2.49. The molecule has 4 rings (SSSR count). The molecule has 2 amide bonds. The summed E-state index contributed by atoms with van der Waals surface area (Å²) in [5, 5.41) is 5.01. The minimum atomic E-state index is -0.665. The maximum Gasteiger partial charge on any atom is 0.502 e. The van der Waals surface area contributed by atoms with Crippen LogP contribution in [0.3, 0.4) is 0 Å². The van der Waals surface area contributed by atoms with E-state index in [9.17, 15) is 14.0 Å². The van der Waals surface area contributed by atoms with Crippen LogP contribution in [0.5, 0.6) is 0 Å². The summed E-state index contributed by atoms with van der Waals surface area (Å²) in [5.74, 6) is -1.59. The molecule has 0 bridgehead atoms. The molecule has 26 heavy (non-hydrogen) atoms. The summed E-state index contributed by atoms with van der Waals surface area (Å²) in [5.41, 5.74) is 1.52. The first kappa shape index (κ1) is 16.7. The van der Waals surface area contributed by atoms with Gasteiger partial charge in [0.25, 0.3) is 6.29 Å². The summed E-state index contributed by atoms with van der Waals surface area (Å²) >= 11 is 5.98. The second kappa shape index (κ2) is 6.49. The number of halogens is 2. The molecule has 2 heterocycles. The number of benzene rings is 2. The molecular weight excluding hydrogens is 359 g/mol. The number of anilines is 1. The van der Waals surface area contributed by atoms with E-state index in [1.54, 1.807) is 30.3 Å². The van der Waals surface area contributed by atoms with Gasteiger partial charge in [-0.15, -0.1) is 0 Å². The van der Waals surface area contributed by atoms with Crippen molar-refractivity contribution in [3.05, 3.63) is 64.9 Å². The number of fused-ring (bicyclic) bond motifs is 1. The van der Waals surface area contributed by atoms with Crippen molar-refractivity contribution in [2.75, 3.05) is 18.0 Å². The van der Waals surface area contributed by atoms with Gasteiger partial charge in [0.2, 0.25) is 6.54 Å². The Bertz CT molecular complexity index is 916.